The molecule has 86 heavy (non-hydrogen) atoms. The molecule has 5 heterocycles. The SMILES string of the molecule is C[C@@H]1O[C@H](O[C@@H]2[C@@H](O[C@H]3CC[C@]4(C)[C@H](CC[C@@]5(C)[C@@H]4CC=C4[C@@H]6[C@](C(=O)O[C@@H]7O[C@H](CO[C@H]8O[C@@H](CO)[C@H](O)[C@@H](O)[C@@H]8O)[C@@H](O)[C@H](O)[C@H]7O)(CC[C@H](C)[C@@]6(C)O)CC[C@]45C)C3(C)C)OC[C@H](O)[C@H]2O)[C@@H](O)[C@H](O[C@H]2O[C@@H](CO)[C@H](O)[C@@H](O)[C@@H]2O)[C@H]1O. The normalized spacial score (nSPS) is 55.6. The van der Waals surface area contributed by atoms with Crippen molar-refractivity contribution in [1.82, 2.24) is 0 Å². The van der Waals surface area contributed by atoms with Gasteiger partial charge in [-0.1, -0.05) is 53.2 Å². The van der Waals surface area contributed by atoms with Gasteiger partial charge in [0.1, 0.15) is 110 Å². The van der Waals surface area contributed by atoms with Crippen molar-refractivity contribution in [2.45, 2.75) is 272 Å². The van der Waals surface area contributed by atoms with Crippen LogP contribution < -0.4 is 0 Å². The zero-order chi connectivity index (χ0) is 62.9. The average molecular weight is 1240 g/mol. The first-order valence-corrected chi connectivity index (χ1v) is 30.8. The number of aliphatic hydroxyl groups excluding tert-OH is 15. The molecule has 4 saturated carbocycles. The predicted octanol–water partition coefficient (Wildman–Crippen LogP) is -3.57. The van der Waals surface area contributed by atoms with Crippen molar-refractivity contribution in [2.24, 2.45) is 50.7 Å². The highest BCUT2D eigenvalue weighted by Gasteiger charge is 2.72. The fourth-order valence-electron chi connectivity index (χ4n) is 17.8. The summed E-state index contributed by atoms with van der Waals surface area (Å²) in [5, 5.41) is 174. The lowest BCUT2D eigenvalue weighted by Gasteiger charge is -2.72. The molecule has 9 fully saturated rings. The number of carbonyl (C=O) groups excluding carboxylic acids is 1. The highest BCUT2D eigenvalue weighted by molar-refractivity contribution is 5.79. The van der Waals surface area contributed by atoms with Crippen LogP contribution in [0.15, 0.2) is 11.6 Å². The lowest BCUT2D eigenvalue weighted by atomic mass is 9.33. The van der Waals surface area contributed by atoms with Gasteiger partial charge in [0, 0.05) is 5.92 Å². The Kier molecular flexibility index (Phi) is 19.2. The molecule has 34 atom stereocenters. The Bertz CT molecular complexity index is 2400. The van der Waals surface area contributed by atoms with Gasteiger partial charge < -0.3 is 129 Å². The zero-order valence-electron chi connectivity index (χ0n) is 50.2. The van der Waals surface area contributed by atoms with Crippen LogP contribution in [0.25, 0.3) is 0 Å². The maximum Gasteiger partial charge on any atom is 0.315 e. The molecule has 0 aromatic rings. The lowest BCUT2D eigenvalue weighted by molar-refractivity contribution is -0.382. The lowest BCUT2D eigenvalue weighted by Crippen LogP contribution is -2.68. The number of esters is 1. The number of fused-ring (bicyclic) bond motifs is 7. The number of aliphatic hydroxyl groups is 16. The minimum Gasteiger partial charge on any atom is -0.432 e. The molecule has 0 aromatic carbocycles. The van der Waals surface area contributed by atoms with Crippen LogP contribution in [0.1, 0.15) is 113 Å². The second-order valence-corrected chi connectivity index (χ2v) is 28.3. The summed E-state index contributed by atoms with van der Waals surface area (Å²) >= 11 is 0. The van der Waals surface area contributed by atoms with Crippen molar-refractivity contribution in [2.75, 3.05) is 26.4 Å². The van der Waals surface area contributed by atoms with Crippen LogP contribution in [0.5, 0.6) is 0 Å². The number of allylic oxidation sites excluding steroid dienone is 1. The molecular weight excluding hydrogens is 1140 g/mol. The smallest absolute Gasteiger partial charge is 0.315 e. The van der Waals surface area contributed by atoms with E-state index in [0.717, 1.165) is 18.4 Å². The first-order chi connectivity index (χ1) is 40.2. The van der Waals surface area contributed by atoms with Gasteiger partial charge in [0.25, 0.3) is 0 Å². The van der Waals surface area contributed by atoms with Gasteiger partial charge in [-0.3, -0.25) is 4.79 Å². The molecule has 10 rings (SSSR count). The molecule has 10 aliphatic rings. The van der Waals surface area contributed by atoms with E-state index in [0.29, 0.717) is 44.9 Å². The number of hydrogen-bond donors (Lipinski definition) is 16. The summed E-state index contributed by atoms with van der Waals surface area (Å²) in [4.78, 5) is 15.2. The van der Waals surface area contributed by atoms with Crippen LogP contribution in [0, 0.1) is 50.7 Å². The summed E-state index contributed by atoms with van der Waals surface area (Å²) in [5.74, 6) is -1.58. The molecule has 27 nitrogen and oxygen atoms in total. The van der Waals surface area contributed by atoms with E-state index < -0.39 is 207 Å². The van der Waals surface area contributed by atoms with Crippen LogP contribution in [0.3, 0.4) is 0 Å². The molecule has 0 unspecified atom stereocenters. The molecule has 5 aliphatic carbocycles. The third-order valence-corrected chi connectivity index (χ3v) is 23.5. The molecule has 0 aromatic heterocycles. The molecule has 16 N–H and O–H groups in total. The van der Waals surface area contributed by atoms with Gasteiger partial charge in [0.15, 0.2) is 25.2 Å². The van der Waals surface area contributed by atoms with Gasteiger partial charge in [-0.25, -0.2) is 0 Å². The second kappa shape index (κ2) is 24.6. The first kappa shape index (κ1) is 67.1. The average Bonchev–Trinajstić information content (AvgIpc) is 0.691. The predicted molar refractivity (Wildman–Crippen MR) is 289 cm³/mol. The zero-order valence-corrected chi connectivity index (χ0v) is 50.2. The summed E-state index contributed by atoms with van der Waals surface area (Å²) in [7, 11) is 0. The van der Waals surface area contributed by atoms with E-state index in [1.54, 1.807) is 6.92 Å². The fraction of sp³-hybridized carbons (Fsp3) is 0.949. The van der Waals surface area contributed by atoms with Crippen molar-refractivity contribution < 1.29 is 134 Å². The van der Waals surface area contributed by atoms with Gasteiger partial charge in [-0.15, -0.1) is 0 Å². The minimum atomic E-state index is -1.92. The van der Waals surface area contributed by atoms with Crippen molar-refractivity contribution >= 4 is 5.97 Å². The van der Waals surface area contributed by atoms with Crippen LogP contribution in [-0.4, -0.2) is 273 Å². The summed E-state index contributed by atoms with van der Waals surface area (Å²) < 4.78 is 59.6. The Hall–Kier alpha value is -1.79. The van der Waals surface area contributed by atoms with E-state index in [9.17, 15) is 81.7 Å². The third kappa shape index (κ3) is 10.9. The Labute approximate surface area is 499 Å². The number of ether oxygens (including phenoxy) is 10. The number of carbonyl (C=O) groups is 1. The van der Waals surface area contributed by atoms with Crippen molar-refractivity contribution in [3.05, 3.63) is 11.6 Å². The second-order valence-electron chi connectivity index (χ2n) is 28.3. The Morgan fingerprint density at radius 3 is 1.77 bits per heavy atom. The molecular formula is C59H96O27. The number of rotatable bonds is 13. The standard InChI is InChI=1S/C59H96O27/c1-23-11-16-59(53(75)86-50-43(73)40(70)37(67)29(82-50)22-78-48-41(71)38(68)35(65)27(19-60)80-48)18-17-56(6)25(47(59)58(23,8)76)9-10-31-55(5)14-13-32(54(3,4)30(55)12-15-57(31,56)7)83-52-46(34(64)26(62)21-77-52)85-51-44(74)45(33(63)24(2)79-51)84-49-42(72)39(69)36(66)28(20-61)81-49/h9,23-24,26-52,60-74,76H,10-22H2,1-8H3/t23-,24-,26-,27-,28-,29+,30+,31+,32-,33-,34+,35-,36-,37+,38+,39+,40-,41-,42-,43+,44-,45+,46-,47-,48-,49+,50-,51+,52+,55+,56+,57-,58+,59-/m0/s1. The van der Waals surface area contributed by atoms with E-state index in [-0.39, 0.29) is 35.2 Å². The summed E-state index contributed by atoms with van der Waals surface area (Å²) in [5.41, 5.74) is -3.51. The third-order valence-electron chi connectivity index (χ3n) is 23.5. The first-order valence-electron chi connectivity index (χ1n) is 30.8. The molecule has 5 saturated heterocycles. The van der Waals surface area contributed by atoms with Gasteiger partial charge >= 0.3 is 5.97 Å². The summed E-state index contributed by atoms with van der Waals surface area (Å²) in [6.07, 6.45) is -32.2. The van der Waals surface area contributed by atoms with E-state index in [1.165, 1.54) is 6.92 Å². The molecule has 0 spiro atoms. The van der Waals surface area contributed by atoms with Crippen LogP contribution in [0.2, 0.25) is 0 Å². The van der Waals surface area contributed by atoms with Crippen molar-refractivity contribution in [3.63, 3.8) is 0 Å². The highest BCUT2D eigenvalue weighted by atomic mass is 16.8. The van der Waals surface area contributed by atoms with E-state index in [1.807, 2.05) is 6.92 Å². The quantitative estimate of drug-likeness (QED) is 0.0482. The molecule has 5 aliphatic heterocycles. The maximum atomic E-state index is 15.2. The molecule has 0 bridgehead atoms. The Balaban J connectivity index is 0.851. The molecule has 0 radical (unpaired) electrons. The van der Waals surface area contributed by atoms with Crippen LogP contribution >= 0.6 is 0 Å². The Morgan fingerprint density at radius 2 is 1.13 bits per heavy atom. The van der Waals surface area contributed by atoms with E-state index in [4.69, 9.17) is 47.4 Å². The fourth-order valence-corrected chi connectivity index (χ4v) is 17.8. The minimum absolute atomic E-state index is 0.0627. The summed E-state index contributed by atoms with van der Waals surface area (Å²) in [6, 6.07) is 0. The van der Waals surface area contributed by atoms with Gasteiger partial charge in [-0.2, -0.15) is 0 Å². The molecule has 0 amide bonds. The topological polar surface area (TPSA) is 433 Å². The maximum absolute atomic E-state index is 15.2. The van der Waals surface area contributed by atoms with E-state index in [2.05, 4.69) is 40.7 Å². The Morgan fingerprint density at radius 1 is 0.558 bits per heavy atom. The molecule has 494 valence electrons. The van der Waals surface area contributed by atoms with Gasteiger partial charge in [0.05, 0.1) is 49.7 Å². The molecule has 27 heteroatoms. The summed E-state index contributed by atoms with van der Waals surface area (Å²) in [6.45, 7) is 14.0. The highest BCUT2D eigenvalue weighted by Crippen LogP contribution is 2.76. The van der Waals surface area contributed by atoms with Crippen LogP contribution in [-0.2, 0) is 52.2 Å². The monoisotopic (exact) mass is 1240 g/mol. The van der Waals surface area contributed by atoms with Crippen LogP contribution in [0.4, 0.5) is 0 Å². The largest absolute Gasteiger partial charge is 0.432 e. The van der Waals surface area contributed by atoms with Gasteiger partial charge in [0.2, 0.25) is 6.29 Å². The van der Waals surface area contributed by atoms with Gasteiger partial charge in [-0.05, 0) is 111 Å². The van der Waals surface area contributed by atoms with Crippen molar-refractivity contribution in [1.29, 1.82) is 0 Å². The van der Waals surface area contributed by atoms with E-state index >= 15 is 4.79 Å². The number of hydrogen-bond acceptors (Lipinski definition) is 27. The van der Waals surface area contributed by atoms with Crippen molar-refractivity contribution in [3.8, 4) is 0 Å².